The van der Waals surface area contributed by atoms with Crippen LogP contribution in [0.15, 0.2) is 12.1 Å². The van der Waals surface area contributed by atoms with E-state index in [4.69, 9.17) is 4.74 Å². The molecule has 1 aromatic rings. The predicted molar refractivity (Wildman–Crippen MR) is 90.6 cm³/mol. The van der Waals surface area contributed by atoms with Crippen molar-refractivity contribution in [1.29, 1.82) is 0 Å². The number of carbonyl (C=O) groups is 1. The van der Waals surface area contributed by atoms with Gasteiger partial charge in [-0.2, -0.15) is 0 Å². The van der Waals surface area contributed by atoms with Gasteiger partial charge in [-0.1, -0.05) is 53.7 Å². The van der Waals surface area contributed by atoms with Gasteiger partial charge in [0.25, 0.3) is 0 Å². The molecule has 0 saturated heterocycles. The molecule has 22 heavy (non-hydrogen) atoms. The van der Waals surface area contributed by atoms with Crippen LogP contribution in [-0.4, -0.2) is 17.7 Å². The first-order valence-corrected chi connectivity index (χ1v) is 7.94. The molecular weight excluding hydrogens is 276 g/mol. The monoisotopic (exact) mass is 306 g/mol. The lowest BCUT2D eigenvalue weighted by Gasteiger charge is -2.29. The molecule has 3 heteroatoms. The number of carbonyl (C=O) groups excluding carboxylic acids is 1. The maximum Gasteiger partial charge on any atom is 0.313 e. The predicted octanol–water partition coefficient (Wildman–Crippen LogP) is 4.65. The van der Waals surface area contributed by atoms with Crippen molar-refractivity contribution < 1.29 is 14.6 Å². The molecule has 3 nitrogen and oxygen atoms in total. The summed E-state index contributed by atoms with van der Waals surface area (Å²) in [6, 6.07) is 3.87. The molecule has 124 valence electrons. The number of phenolic OH excluding ortho intramolecular Hbond substituents is 1. The van der Waals surface area contributed by atoms with E-state index in [0.29, 0.717) is 12.4 Å². The van der Waals surface area contributed by atoms with E-state index in [1.54, 1.807) is 0 Å². The highest BCUT2D eigenvalue weighted by Gasteiger charge is 2.28. The molecular formula is C19H30O3. The lowest BCUT2D eigenvalue weighted by Crippen LogP contribution is -2.20. The SMILES string of the molecule is CCOC(=O)C(C)c1cc(C(C)(C)C)c(O)c(C(C)(C)C)c1. The first kappa shape index (κ1) is 18.5. The highest BCUT2D eigenvalue weighted by atomic mass is 16.5. The third-order valence-electron chi connectivity index (χ3n) is 3.89. The molecule has 0 bridgehead atoms. The Morgan fingerprint density at radius 3 is 1.82 bits per heavy atom. The molecule has 1 aromatic carbocycles. The summed E-state index contributed by atoms with van der Waals surface area (Å²) in [7, 11) is 0. The fourth-order valence-corrected chi connectivity index (χ4v) is 2.45. The summed E-state index contributed by atoms with van der Waals surface area (Å²) in [5, 5.41) is 10.7. The number of phenols is 1. The van der Waals surface area contributed by atoms with Gasteiger partial charge in [0.2, 0.25) is 0 Å². The van der Waals surface area contributed by atoms with Gasteiger partial charge < -0.3 is 9.84 Å². The lowest BCUT2D eigenvalue weighted by atomic mass is 9.77. The zero-order valence-electron chi connectivity index (χ0n) is 15.2. The van der Waals surface area contributed by atoms with Crippen LogP contribution in [0.5, 0.6) is 5.75 Å². The molecule has 1 rings (SSSR count). The highest BCUT2D eigenvalue weighted by molar-refractivity contribution is 5.78. The molecule has 0 fully saturated rings. The van der Waals surface area contributed by atoms with Gasteiger partial charge in [0, 0.05) is 0 Å². The number of esters is 1. The van der Waals surface area contributed by atoms with Crippen LogP contribution in [0.2, 0.25) is 0 Å². The van der Waals surface area contributed by atoms with Gasteiger partial charge in [-0.25, -0.2) is 0 Å². The van der Waals surface area contributed by atoms with Gasteiger partial charge in [-0.3, -0.25) is 4.79 Å². The van der Waals surface area contributed by atoms with Crippen LogP contribution in [0.1, 0.15) is 78.0 Å². The van der Waals surface area contributed by atoms with Crippen LogP contribution in [-0.2, 0) is 20.4 Å². The summed E-state index contributed by atoms with van der Waals surface area (Å²) in [5.41, 5.74) is 2.23. The van der Waals surface area contributed by atoms with Crippen LogP contribution in [0.25, 0.3) is 0 Å². The second kappa shape index (κ2) is 6.31. The Kier molecular flexibility index (Phi) is 5.32. The summed E-state index contributed by atoms with van der Waals surface area (Å²) in [5.74, 6) is -0.240. The first-order chi connectivity index (χ1) is 9.89. The standard InChI is InChI=1S/C19H30O3/c1-9-22-17(21)12(2)13-10-14(18(3,4)5)16(20)15(11-13)19(6,7)8/h10-12,20H,9H2,1-8H3. The molecule has 0 aliphatic heterocycles. The van der Waals surface area contributed by atoms with Crippen molar-refractivity contribution in [1.82, 2.24) is 0 Å². The molecule has 0 radical (unpaired) electrons. The molecule has 1 unspecified atom stereocenters. The van der Waals surface area contributed by atoms with Crippen molar-refractivity contribution in [3.8, 4) is 5.75 Å². The second-order valence-electron chi connectivity index (χ2n) is 7.94. The zero-order valence-corrected chi connectivity index (χ0v) is 15.2. The molecule has 0 aliphatic rings. The number of benzene rings is 1. The minimum absolute atomic E-state index is 0.200. The Labute approximate surface area is 134 Å². The van der Waals surface area contributed by atoms with Gasteiger partial charge >= 0.3 is 5.97 Å². The van der Waals surface area contributed by atoms with E-state index >= 15 is 0 Å². The van der Waals surface area contributed by atoms with E-state index in [1.807, 2.05) is 26.0 Å². The largest absolute Gasteiger partial charge is 0.507 e. The summed E-state index contributed by atoms with van der Waals surface area (Å²) in [6.07, 6.45) is 0. The van der Waals surface area contributed by atoms with Crippen LogP contribution < -0.4 is 0 Å². The number of aromatic hydroxyl groups is 1. The second-order valence-corrected chi connectivity index (χ2v) is 7.94. The van der Waals surface area contributed by atoms with E-state index in [2.05, 4.69) is 41.5 Å². The molecule has 0 saturated carbocycles. The van der Waals surface area contributed by atoms with Crippen molar-refractivity contribution in [3.63, 3.8) is 0 Å². The minimum Gasteiger partial charge on any atom is -0.507 e. The molecule has 1 N–H and O–H groups in total. The van der Waals surface area contributed by atoms with Gasteiger partial charge in [0.15, 0.2) is 0 Å². The topological polar surface area (TPSA) is 46.5 Å². The van der Waals surface area contributed by atoms with Gasteiger partial charge in [-0.05, 0) is 41.4 Å². The van der Waals surface area contributed by atoms with Crippen LogP contribution in [0.4, 0.5) is 0 Å². The molecule has 1 atom stereocenters. The smallest absolute Gasteiger partial charge is 0.313 e. The Morgan fingerprint density at radius 1 is 1.09 bits per heavy atom. The van der Waals surface area contributed by atoms with Crippen LogP contribution >= 0.6 is 0 Å². The van der Waals surface area contributed by atoms with Gasteiger partial charge in [0.05, 0.1) is 12.5 Å². The van der Waals surface area contributed by atoms with Crippen molar-refractivity contribution in [2.75, 3.05) is 6.61 Å². The maximum absolute atomic E-state index is 12.1. The summed E-state index contributed by atoms with van der Waals surface area (Å²) >= 11 is 0. The van der Waals surface area contributed by atoms with Crippen molar-refractivity contribution in [3.05, 3.63) is 28.8 Å². The van der Waals surface area contributed by atoms with Crippen molar-refractivity contribution in [2.24, 2.45) is 0 Å². The van der Waals surface area contributed by atoms with E-state index in [1.165, 1.54) is 0 Å². The minimum atomic E-state index is -0.345. The maximum atomic E-state index is 12.1. The van der Waals surface area contributed by atoms with E-state index in [-0.39, 0.29) is 22.7 Å². The molecule has 0 spiro atoms. The summed E-state index contributed by atoms with van der Waals surface area (Å²) in [4.78, 5) is 12.1. The van der Waals surface area contributed by atoms with Crippen molar-refractivity contribution in [2.45, 2.75) is 72.1 Å². The Balaban J connectivity index is 3.51. The molecule has 0 heterocycles. The Morgan fingerprint density at radius 2 is 1.50 bits per heavy atom. The lowest BCUT2D eigenvalue weighted by molar-refractivity contribution is -0.144. The van der Waals surface area contributed by atoms with E-state index in [9.17, 15) is 9.90 Å². The van der Waals surface area contributed by atoms with E-state index in [0.717, 1.165) is 16.7 Å². The third-order valence-corrected chi connectivity index (χ3v) is 3.89. The number of rotatable bonds is 3. The summed E-state index contributed by atoms with van der Waals surface area (Å²) < 4.78 is 5.14. The average Bonchev–Trinajstić information content (AvgIpc) is 2.35. The van der Waals surface area contributed by atoms with Gasteiger partial charge in [0.1, 0.15) is 5.75 Å². The highest BCUT2D eigenvalue weighted by Crippen LogP contribution is 2.41. The average molecular weight is 306 g/mol. The molecule has 0 aromatic heterocycles. The first-order valence-electron chi connectivity index (χ1n) is 7.94. The molecule has 0 aliphatic carbocycles. The fraction of sp³-hybridized carbons (Fsp3) is 0.632. The fourth-order valence-electron chi connectivity index (χ4n) is 2.45. The van der Waals surface area contributed by atoms with Crippen molar-refractivity contribution >= 4 is 5.97 Å². The van der Waals surface area contributed by atoms with E-state index < -0.39 is 0 Å². The third kappa shape index (κ3) is 4.02. The zero-order chi connectivity index (χ0) is 17.3. The van der Waals surface area contributed by atoms with Gasteiger partial charge in [-0.15, -0.1) is 0 Å². The van der Waals surface area contributed by atoms with Crippen LogP contribution in [0.3, 0.4) is 0 Å². The summed E-state index contributed by atoms with van der Waals surface area (Å²) in [6.45, 7) is 16.4. The number of hydrogen-bond acceptors (Lipinski definition) is 3. The molecule has 0 amide bonds. The normalized spacial score (nSPS) is 13.8. The Hall–Kier alpha value is -1.51. The number of hydrogen-bond donors (Lipinski definition) is 1. The number of ether oxygens (including phenoxy) is 1. The Bertz CT molecular complexity index is 510. The van der Waals surface area contributed by atoms with Crippen LogP contribution in [0, 0.1) is 0 Å². The quantitative estimate of drug-likeness (QED) is 0.827.